The maximum absolute atomic E-state index is 12.3. The van der Waals surface area contributed by atoms with Crippen LogP contribution in [-0.4, -0.2) is 43.4 Å². The molecular formula is C21H21NO6. The Labute approximate surface area is 162 Å². The highest BCUT2D eigenvalue weighted by atomic mass is 16.6. The summed E-state index contributed by atoms with van der Waals surface area (Å²) in [5, 5.41) is 11.8. The lowest BCUT2D eigenvalue weighted by Gasteiger charge is -2.26. The number of carbonyl (C=O) groups excluding carboxylic acids is 1. The largest absolute Gasteiger partial charge is 0.493 e. The number of aromatic carboxylic acids is 1. The molecule has 146 valence electrons. The maximum atomic E-state index is 12.3. The molecule has 7 heteroatoms. The van der Waals surface area contributed by atoms with Gasteiger partial charge in [-0.3, -0.25) is 4.79 Å². The van der Waals surface area contributed by atoms with E-state index in [9.17, 15) is 14.7 Å². The van der Waals surface area contributed by atoms with Crippen LogP contribution in [0.1, 0.15) is 22.3 Å². The third-order valence-electron chi connectivity index (χ3n) is 4.27. The Morgan fingerprint density at radius 3 is 2.71 bits per heavy atom. The van der Waals surface area contributed by atoms with Gasteiger partial charge in [-0.15, -0.1) is 0 Å². The van der Waals surface area contributed by atoms with Crippen LogP contribution in [0.3, 0.4) is 0 Å². The second-order valence-electron chi connectivity index (χ2n) is 6.14. The highest BCUT2D eigenvalue weighted by Gasteiger charge is 2.20. The molecule has 1 aliphatic heterocycles. The Morgan fingerprint density at radius 1 is 1.25 bits per heavy atom. The Morgan fingerprint density at radius 2 is 2.04 bits per heavy atom. The van der Waals surface area contributed by atoms with Crippen LogP contribution in [-0.2, 0) is 9.53 Å². The number of carboxylic acid groups (broad SMARTS) is 1. The van der Waals surface area contributed by atoms with Gasteiger partial charge in [0.2, 0.25) is 5.91 Å². The fourth-order valence-corrected chi connectivity index (χ4v) is 2.69. The molecule has 28 heavy (non-hydrogen) atoms. The normalized spacial score (nSPS) is 15.7. The van der Waals surface area contributed by atoms with E-state index < -0.39 is 11.9 Å². The predicted molar refractivity (Wildman–Crippen MR) is 104 cm³/mol. The minimum atomic E-state index is -1.11. The smallest absolute Gasteiger partial charge is 0.337 e. The first-order valence-corrected chi connectivity index (χ1v) is 8.81. The molecule has 0 saturated carbocycles. The highest BCUT2D eigenvalue weighted by Crippen LogP contribution is 2.32. The van der Waals surface area contributed by atoms with Crippen LogP contribution in [0.4, 0.5) is 5.69 Å². The van der Waals surface area contributed by atoms with Gasteiger partial charge in [0.05, 0.1) is 24.5 Å². The standard InChI is InChI=1S/C21H21NO6/c1-26-18-8-4-5-14(20(18)28-13-15-11-12-27-15)9-10-19(23)22-17-7-3-2-6-16(17)21(24)25/h2-10,15H,11-13H2,1H3,(H,22,23)(H,24,25). The SMILES string of the molecule is COc1cccc(C=CC(=O)Nc2ccccc2C(=O)O)c1OCC1CCO1. The van der Waals surface area contributed by atoms with E-state index in [4.69, 9.17) is 14.2 Å². The number of rotatable bonds is 8. The van der Waals surface area contributed by atoms with Crippen molar-refractivity contribution < 1.29 is 28.9 Å². The zero-order valence-corrected chi connectivity index (χ0v) is 15.4. The van der Waals surface area contributed by atoms with Crippen LogP contribution in [0, 0.1) is 0 Å². The molecule has 2 aromatic carbocycles. The molecule has 2 N–H and O–H groups in total. The number of nitrogens with one attached hydrogen (secondary N) is 1. The molecular weight excluding hydrogens is 362 g/mol. The van der Waals surface area contributed by atoms with Gasteiger partial charge < -0.3 is 24.6 Å². The molecule has 7 nitrogen and oxygen atoms in total. The summed E-state index contributed by atoms with van der Waals surface area (Å²) in [4.78, 5) is 23.5. The summed E-state index contributed by atoms with van der Waals surface area (Å²) in [6, 6.07) is 11.6. The van der Waals surface area contributed by atoms with Gasteiger partial charge in [-0.2, -0.15) is 0 Å². The van der Waals surface area contributed by atoms with Gasteiger partial charge in [0, 0.05) is 24.7 Å². The van der Waals surface area contributed by atoms with Crippen molar-refractivity contribution in [2.75, 3.05) is 25.6 Å². The number of hydrogen-bond donors (Lipinski definition) is 2. The van der Waals surface area contributed by atoms with Crippen LogP contribution >= 0.6 is 0 Å². The molecule has 1 fully saturated rings. The van der Waals surface area contributed by atoms with E-state index in [1.165, 1.54) is 18.2 Å². The lowest BCUT2D eigenvalue weighted by Crippen LogP contribution is -2.32. The Hall–Kier alpha value is -3.32. The summed E-state index contributed by atoms with van der Waals surface area (Å²) in [6.07, 6.45) is 3.93. The van der Waals surface area contributed by atoms with E-state index in [0.717, 1.165) is 13.0 Å². The van der Waals surface area contributed by atoms with Crippen molar-refractivity contribution in [2.24, 2.45) is 0 Å². The molecule has 1 aliphatic rings. The van der Waals surface area contributed by atoms with Gasteiger partial charge in [-0.1, -0.05) is 24.3 Å². The van der Waals surface area contributed by atoms with E-state index in [-0.39, 0.29) is 17.4 Å². The van der Waals surface area contributed by atoms with Gasteiger partial charge >= 0.3 is 5.97 Å². The molecule has 0 aromatic heterocycles. The number of methoxy groups -OCH3 is 1. The Balaban J connectivity index is 1.74. The molecule has 1 unspecified atom stereocenters. The van der Waals surface area contributed by atoms with Gasteiger partial charge in [-0.25, -0.2) is 4.79 Å². The van der Waals surface area contributed by atoms with Gasteiger partial charge in [0.1, 0.15) is 6.61 Å². The molecule has 0 aliphatic carbocycles. The summed E-state index contributed by atoms with van der Waals surface area (Å²) < 4.78 is 16.6. The van der Waals surface area contributed by atoms with Crippen molar-refractivity contribution in [1.82, 2.24) is 0 Å². The summed E-state index contributed by atoms with van der Waals surface area (Å²) in [6.45, 7) is 1.14. The monoisotopic (exact) mass is 383 g/mol. The van der Waals surface area contributed by atoms with Crippen molar-refractivity contribution in [3.63, 3.8) is 0 Å². The van der Waals surface area contributed by atoms with Crippen LogP contribution in [0.2, 0.25) is 0 Å². The van der Waals surface area contributed by atoms with Crippen molar-refractivity contribution in [1.29, 1.82) is 0 Å². The van der Waals surface area contributed by atoms with Crippen molar-refractivity contribution >= 4 is 23.6 Å². The molecule has 2 aromatic rings. The lowest BCUT2D eigenvalue weighted by molar-refractivity contribution is -0.111. The third kappa shape index (κ3) is 4.69. The molecule has 1 heterocycles. The summed E-state index contributed by atoms with van der Waals surface area (Å²) in [5.74, 6) is -0.486. The lowest BCUT2D eigenvalue weighted by atomic mass is 10.1. The van der Waals surface area contributed by atoms with Gasteiger partial charge in [0.25, 0.3) is 0 Å². The fourth-order valence-electron chi connectivity index (χ4n) is 2.69. The number of carboxylic acids is 1. The molecule has 1 atom stereocenters. The van der Waals surface area contributed by atoms with E-state index in [0.29, 0.717) is 23.7 Å². The van der Waals surface area contributed by atoms with Crippen LogP contribution in [0.25, 0.3) is 6.08 Å². The van der Waals surface area contributed by atoms with Crippen LogP contribution < -0.4 is 14.8 Å². The summed E-state index contributed by atoms with van der Waals surface area (Å²) in [7, 11) is 1.55. The van der Waals surface area contributed by atoms with E-state index >= 15 is 0 Å². The first kappa shape index (κ1) is 19.4. The Bertz CT molecular complexity index is 888. The van der Waals surface area contributed by atoms with E-state index in [1.807, 2.05) is 0 Å². The summed E-state index contributed by atoms with van der Waals surface area (Å²) >= 11 is 0. The number of ether oxygens (including phenoxy) is 3. The first-order valence-electron chi connectivity index (χ1n) is 8.81. The number of benzene rings is 2. The van der Waals surface area contributed by atoms with Crippen molar-refractivity contribution in [3.05, 3.63) is 59.7 Å². The van der Waals surface area contributed by atoms with E-state index in [1.54, 1.807) is 43.5 Å². The number of para-hydroxylation sites is 2. The van der Waals surface area contributed by atoms with E-state index in [2.05, 4.69) is 5.32 Å². The number of amides is 1. The molecule has 0 radical (unpaired) electrons. The highest BCUT2D eigenvalue weighted by molar-refractivity contribution is 6.06. The number of anilines is 1. The molecule has 3 rings (SSSR count). The molecule has 0 spiro atoms. The maximum Gasteiger partial charge on any atom is 0.337 e. The van der Waals surface area contributed by atoms with Gasteiger partial charge in [-0.05, 0) is 24.3 Å². The zero-order valence-electron chi connectivity index (χ0n) is 15.4. The average Bonchev–Trinajstić information content (AvgIpc) is 2.65. The summed E-state index contributed by atoms with van der Waals surface area (Å²) in [5.41, 5.74) is 0.921. The van der Waals surface area contributed by atoms with Crippen molar-refractivity contribution in [3.8, 4) is 11.5 Å². The minimum Gasteiger partial charge on any atom is -0.493 e. The molecule has 0 bridgehead atoms. The average molecular weight is 383 g/mol. The second-order valence-corrected chi connectivity index (χ2v) is 6.14. The topological polar surface area (TPSA) is 94.1 Å². The predicted octanol–water partition coefficient (Wildman–Crippen LogP) is 3.21. The zero-order chi connectivity index (χ0) is 19.9. The Kier molecular flexibility index (Phi) is 6.29. The van der Waals surface area contributed by atoms with Crippen LogP contribution in [0.5, 0.6) is 11.5 Å². The fraction of sp³-hybridized carbons (Fsp3) is 0.238. The quantitative estimate of drug-likeness (QED) is 0.680. The minimum absolute atomic E-state index is 0.0233. The molecule has 1 saturated heterocycles. The van der Waals surface area contributed by atoms with Gasteiger partial charge in [0.15, 0.2) is 11.5 Å². The third-order valence-corrected chi connectivity index (χ3v) is 4.27. The first-order chi connectivity index (χ1) is 13.6. The number of hydrogen-bond acceptors (Lipinski definition) is 5. The van der Waals surface area contributed by atoms with Crippen molar-refractivity contribution in [2.45, 2.75) is 12.5 Å². The second kappa shape index (κ2) is 9.05. The number of carbonyl (C=O) groups is 2. The molecule has 1 amide bonds. The van der Waals surface area contributed by atoms with Crippen LogP contribution in [0.15, 0.2) is 48.5 Å².